The minimum atomic E-state index is -0.343. The summed E-state index contributed by atoms with van der Waals surface area (Å²) in [6.45, 7) is 4.19. The standard InChI is InChI=1S/C13H26N2OS.ClH/c1-9(2)7-12(14)13(16)15-10-5-4-6-11(8-10)17-3;/h9-12H,4-8,14H2,1-3H3,(H,15,16);1H/t10?,11?,12-;/m0./s1. The van der Waals surface area contributed by atoms with Crippen LogP contribution < -0.4 is 11.1 Å². The van der Waals surface area contributed by atoms with Gasteiger partial charge in [0.25, 0.3) is 0 Å². The number of hydrogen-bond donors (Lipinski definition) is 2. The summed E-state index contributed by atoms with van der Waals surface area (Å²) in [7, 11) is 0. The van der Waals surface area contributed by atoms with E-state index in [4.69, 9.17) is 5.73 Å². The first-order valence-electron chi connectivity index (χ1n) is 6.61. The first kappa shape index (κ1) is 18.1. The zero-order chi connectivity index (χ0) is 12.8. The van der Waals surface area contributed by atoms with Crippen LogP contribution in [0.25, 0.3) is 0 Å². The summed E-state index contributed by atoms with van der Waals surface area (Å²) >= 11 is 1.91. The molecule has 18 heavy (non-hydrogen) atoms. The predicted molar refractivity (Wildman–Crippen MR) is 82.4 cm³/mol. The van der Waals surface area contributed by atoms with Gasteiger partial charge in [-0.25, -0.2) is 0 Å². The SMILES string of the molecule is CSC1CCCC(NC(=O)[C@@H](N)CC(C)C)C1.Cl. The van der Waals surface area contributed by atoms with Gasteiger partial charge in [-0.1, -0.05) is 20.3 Å². The fraction of sp³-hybridized carbons (Fsp3) is 0.923. The van der Waals surface area contributed by atoms with Crippen LogP contribution in [0.3, 0.4) is 0 Å². The van der Waals surface area contributed by atoms with Gasteiger partial charge in [0.2, 0.25) is 5.91 Å². The Morgan fingerprint density at radius 3 is 2.67 bits per heavy atom. The lowest BCUT2D eigenvalue weighted by molar-refractivity contribution is -0.123. The number of thioether (sulfide) groups is 1. The minimum Gasteiger partial charge on any atom is -0.352 e. The van der Waals surface area contributed by atoms with Crippen molar-refractivity contribution in [2.75, 3.05) is 6.26 Å². The highest BCUT2D eigenvalue weighted by Crippen LogP contribution is 2.26. The van der Waals surface area contributed by atoms with Crippen molar-refractivity contribution in [1.29, 1.82) is 0 Å². The van der Waals surface area contributed by atoms with Crippen molar-refractivity contribution in [3.05, 3.63) is 0 Å². The fourth-order valence-corrected chi connectivity index (χ4v) is 3.24. The molecule has 1 aliphatic carbocycles. The molecule has 0 aliphatic heterocycles. The number of carbonyl (C=O) groups is 1. The zero-order valence-corrected chi connectivity index (χ0v) is 13.3. The average Bonchev–Trinajstić information content (AvgIpc) is 2.28. The van der Waals surface area contributed by atoms with E-state index in [9.17, 15) is 4.79 Å². The molecular formula is C13H27ClN2OS. The van der Waals surface area contributed by atoms with E-state index in [-0.39, 0.29) is 24.4 Å². The molecule has 0 aromatic heterocycles. The van der Waals surface area contributed by atoms with Gasteiger partial charge in [0.1, 0.15) is 0 Å². The summed E-state index contributed by atoms with van der Waals surface area (Å²) in [5, 5.41) is 3.82. The number of rotatable bonds is 5. The quantitative estimate of drug-likeness (QED) is 0.819. The largest absolute Gasteiger partial charge is 0.352 e. The smallest absolute Gasteiger partial charge is 0.237 e. The van der Waals surface area contributed by atoms with E-state index in [1.807, 2.05) is 11.8 Å². The van der Waals surface area contributed by atoms with Gasteiger partial charge in [-0.05, 0) is 37.9 Å². The molecule has 3 N–H and O–H groups in total. The predicted octanol–water partition coefficient (Wildman–Crippen LogP) is 2.57. The van der Waals surface area contributed by atoms with E-state index in [1.54, 1.807) is 0 Å². The van der Waals surface area contributed by atoms with Gasteiger partial charge in [-0.2, -0.15) is 11.8 Å². The third-order valence-corrected chi connectivity index (χ3v) is 4.46. The normalized spacial score (nSPS) is 25.4. The van der Waals surface area contributed by atoms with Crippen LogP contribution in [0, 0.1) is 5.92 Å². The lowest BCUT2D eigenvalue weighted by Crippen LogP contribution is -2.47. The summed E-state index contributed by atoms with van der Waals surface area (Å²) in [4.78, 5) is 11.9. The second-order valence-electron chi connectivity index (χ2n) is 5.47. The topological polar surface area (TPSA) is 55.1 Å². The summed E-state index contributed by atoms with van der Waals surface area (Å²) in [5.41, 5.74) is 5.89. The molecule has 0 aromatic carbocycles. The lowest BCUT2D eigenvalue weighted by atomic mass is 9.94. The van der Waals surface area contributed by atoms with Crippen LogP contribution in [0.1, 0.15) is 46.0 Å². The molecular weight excluding hydrogens is 268 g/mol. The number of halogens is 1. The van der Waals surface area contributed by atoms with Gasteiger partial charge in [-0.15, -0.1) is 12.4 Å². The van der Waals surface area contributed by atoms with Crippen LogP contribution in [0.4, 0.5) is 0 Å². The molecule has 0 radical (unpaired) electrons. The van der Waals surface area contributed by atoms with Crippen LogP contribution in [0.15, 0.2) is 0 Å². The molecule has 108 valence electrons. The van der Waals surface area contributed by atoms with E-state index < -0.39 is 0 Å². The summed E-state index contributed by atoms with van der Waals surface area (Å²) in [5.74, 6) is 0.506. The maximum Gasteiger partial charge on any atom is 0.237 e. The van der Waals surface area contributed by atoms with Crippen LogP contribution in [-0.2, 0) is 4.79 Å². The minimum absolute atomic E-state index is 0. The second-order valence-corrected chi connectivity index (χ2v) is 6.60. The molecule has 1 saturated carbocycles. The summed E-state index contributed by atoms with van der Waals surface area (Å²) < 4.78 is 0. The highest BCUT2D eigenvalue weighted by atomic mass is 35.5. The van der Waals surface area contributed by atoms with Crippen LogP contribution >= 0.6 is 24.2 Å². The van der Waals surface area contributed by atoms with E-state index >= 15 is 0 Å². The first-order chi connectivity index (χ1) is 8.02. The molecule has 0 heterocycles. The third kappa shape index (κ3) is 6.30. The van der Waals surface area contributed by atoms with E-state index in [2.05, 4.69) is 25.4 Å². The zero-order valence-electron chi connectivity index (χ0n) is 11.6. The Labute approximate surface area is 121 Å². The Bertz CT molecular complexity index is 251. The van der Waals surface area contributed by atoms with Gasteiger partial charge in [-0.3, -0.25) is 4.79 Å². The molecule has 3 atom stereocenters. The maximum atomic E-state index is 11.9. The number of nitrogens with one attached hydrogen (secondary N) is 1. The molecule has 1 fully saturated rings. The molecule has 5 heteroatoms. The molecule has 0 saturated heterocycles. The monoisotopic (exact) mass is 294 g/mol. The van der Waals surface area contributed by atoms with Crippen molar-refractivity contribution in [2.45, 2.75) is 63.3 Å². The number of carbonyl (C=O) groups excluding carboxylic acids is 1. The summed E-state index contributed by atoms with van der Waals surface area (Å²) in [6.07, 6.45) is 7.63. The molecule has 3 nitrogen and oxygen atoms in total. The van der Waals surface area contributed by atoms with Gasteiger partial charge in [0.15, 0.2) is 0 Å². The average molecular weight is 295 g/mol. The van der Waals surface area contributed by atoms with Gasteiger partial charge in [0.05, 0.1) is 6.04 Å². The molecule has 1 aliphatic rings. The third-order valence-electron chi connectivity index (χ3n) is 3.37. The Kier molecular flexibility index (Phi) is 9.09. The highest BCUT2D eigenvalue weighted by Gasteiger charge is 2.24. The van der Waals surface area contributed by atoms with Gasteiger partial charge >= 0.3 is 0 Å². The lowest BCUT2D eigenvalue weighted by Gasteiger charge is -2.29. The molecule has 0 spiro atoms. The van der Waals surface area contributed by atoms with E-state index in [0.29, 0.717) is 17.2 Å². The van der Waals surface area contributed by atoms with Crippen LogP contribution in [0.5, 0.6) is 0 Å². The fourth-order valence-electron chi connectivity index (χ4n) is 2.41. The van der Waals surface area contributed by atoms with Crippen molar-refractivity contribution in [3.8, 4) is 0 Å². The Balaban J connectivity index is 0.00000289. The molecule has 2 unspecified atom stereocenters. The highest BCUT2D eigenvalue weighted by molar-refractivity contribution is 7.99. The van der Waals surface area contributed by atoms with Gasteiger partial charge in [0, 0.05) is 11.3 Å². The van der Waals surface area contributed by atoms with Crippen LogP contribution in [-0.4, -0.2) is 29.5 Å². The Morgan fingerprint density at radius 1 is 1.44 bits per heavy atom. The van der Waals surface area contributed by atoms with Crippen molar-refractivity contribution in [1.82, 2.24) is 5.32 Å². The number of nitrogens with two attached hydrogens (primary N) is 1. The number of hydrogen-bond acceptors (Lipinski definition) is 3. The maximum absolute atomic E-state index is 11.9. The molecule has 1 rings (SSSR count). The van der Waals surface area contributed by atoms with E-state index in [0.717, 1.165) is 19.3 Å². The molecule has 0 aromatic rings. The number of amides is 1. The second kappa shape index (κ2) is 9.05. The van der Waals surface area contributed by atoms with Crippen molar-refractivity contribution >= 4 is 30.1 Å². The van der Waals surface area contributed by atoms with Crippen LogP contribution in [0.2, 0.25) is 0 Å². The van der Waals surface area contributed by atoms with Gasteiger partial charge < -0.3 is 11.1 Å². The summed E-state index contributed by atoms with van der Waals surface area (Å²) in [6, 6.07) is -0.00318. The van der Waals surface area contributed by atoms with Crippen molar-refractivity contribution in [3.63, 3.8) is 0 Å². The Morgan fingerprint density at radius 2 is 2.11 bits per heavy atom. The molecule has 0 bridgehead atoms. The van der Waals surface area contributed by atoms with Crippen molar-refractivity contribution < 1.29 is 4.79 Å². The van der Waals surface area contributed by atoms with E-state index in [1.165, 1.54) is 12.8 Å². The Hall–Kier alpha value is 0.0700. The molecule has 1 amide bonds. The first-order valence-corrected chi connectivity index (χ1v) is 7.90. The van der Waals surface area contributed by atoms with Crippen molar-refractivity contribution in [2.24, 2.45) is 11.7 Å².